The van der Waals surface area contributed by atoms with Crippen LogP contribution >= 0.6 is 15.9 Å². The molecule has 1 N–H and O–H groups in total. The van der Waals surface area contributed by atoms with Crippen LogP contribution in [0.15, 0.2) is 22.9 Å². The van der Waals surface area contributed by atoms with E-state index in [9.17, 15) is 0 Å². The molecule has 0 bridgehead atoms. The number of anilines is 1. The third-order valence-electron chi connectivity index (χ3n) is 3.22. The minimum Gasteiger partial charge on any atom is -0.317 e. The van der Waals surface area contributed by atoms with E-state index in [1.807, 2.05) is 18.5 Å². The number of nitrogens with one attached hydrogen (secondary N) is 1. The summed E-state index contributed by atoms with van der Waals surface area (Å²) in [7, 11) is 0. The van der Waals surface area contributed by atoms with Gasteiger partial charge in [-0.1, -0.05) is 6.42 Å². The van der Waals surface area contributed by atoms with Crippen LogP contribution in [0.25, 0.3) is 0 Å². The van der Waals surface area contributed by atoms with Crippen molar-refractivity contribution in [1.29, 1.82) is 0 Å². The molecule has 0 amide bonds. The number of piperidine rings is 1. The van der Waals surface area contributed by atoms with Crippen LogP contribution in [0.1, 0.15) is 33.1 Å². The molecule has 2 atom stereocenters. The van der Waals surface area contributed by atoms with Crippen LogP contribution in [0.3, 0.4) is 0 Å². The summed E-state index contributed by atoms with van der Waals surface area (Å²) in [6.45, 7) is 4.55. The molecule has 1 aliphatic rings. The fourth-order valence-electron chi connectivity index (χ4n) is 2.25. The molecule has 0 aromatic carbocycles. The van der Waals surface area contributed by atoms with Gasteiger partial charge in [-0.15, -0.1) is 0 Å². The van der Waals surface area contributed by atoms with Gasteiger partial charge in [-0.05, 0) is 48.7 Å². The van der Waals surface area contributed by atoms with E-state index in [-0.39, 0.29) is 0 Å². The molecule has 4 heteroatoms. The predicted molar refractivity (Wildman–Crippen MR) is 70.2 cm³/mol. The fraction of sp³-hybridized carbons (Fsp3) is 0.583. The normalized spacial score (nSPS) is 26.7. The highest BCUT2D eigenvalue weighted by Crippen LogP contribution is 2.26. The number of pyridine rings is 1. The summed E-state index contributed by atoms with van der Waals surface area (Å²) in [5, 5.41) is 2.35. The SMILES string of the molecule is CC1CCCC(C)N1Nc1ccncc1Br. The van der Waals surface area contributed by atoms with Gasteiger partial charge in [-0.3, -0.25) is 4.98 Å². The van der Waals surface area contributed by atoms with Crippen LogP contribution in [0.4, 0.5) is 5.69 Å². The van der Waals surface area contributed by atoms with Crippen molar-refractivity contribution in [3.8, 4) is 0 Å². The Morgan fingerprint density at radius 2 is 2.06 bits per heavy atom. The van der Waals surface area contributed by atoms with Crippen molar-refractivity contribution < 1.29 is 0 Å². The average molecular weight is 284 g/mol. The van der Waals surface area contributed by atoms with Gasteiger partial charge in [-0.2, -0.15) is 0 Å². The third kappa shape index (κ3) is 2.55. The quantitative estimate of drug-likeness (QED) is 0.901. The molecule has 1 aliphatic heterocycles. The van der Waals surface area contributed by atoms with E-state index in [0.717, 1.165) is 10.2 Å². The molecule has 1 aromatic heterocycles. The van der Waals surface area contributed by atoms with Crippen LogP contribution in [0, 0.1) is 0 Å². The molecule has 3 nitrogen and oxygen atoms in total. The van der Waals surface area contributed by atoms with Gasteiger partial charge in [0.2, 0.25) is 0 Å². The molecular formula is C12H18BrN3. The number of halogens is 1. The van der Waals surface area contributed by atoms with E-state index in [1.54, 1.807) is 0 Å². The van der Waals surface area contributed by atoms with Gasteiger partial charge in [0.25, 0.3) is 0 Å². The summed E-state index contributed by atoms with van der Waals surface area (Å²) >= 11 is 3.51. The maximum Gasteiger partial charge on any atom is 0.0663 e. The Morgan fingerprint density at radius 1 is 1.38 bits per heavy atom. The monoisotopic (exact) mass is 283 g/mol. The molecule has 16 heavy (non-hydrogen) atoms. The Labute approximate surface area is 105 Å². The Hall–Kier alpha value is -0.610. The van der Waals surface area contributed by atoms with Crippen LogP contribution in [-0.2, 0) is 0 Å². The van der Waals surface area contributed by atoms with Crippen LogP contribution < -0.4 is 5.43 Å². The fourth-order valence-corrected chi connectivity index (χ4v) is 2.59. The second kappa shape index (κ2) is 5.15. The van der Waals surface area contributed by atoms with Crippen molar-refractivity contribution in [2.45, 2.75) is 45.2 Å². The van der Waals surface area contributed by atoms with Crippen molar-refractivity contribution >= 4 is 21.6 Å². The van der Waals surface area contributed by atoms with E-state index >= 15 is 0 Å². The van der Waals surface area contributed by atoms with Crippen LogP contribution in [0.2, 0.25) is 0 Å². The zero-order valence-electron chi connectivity index (χ0n) is 9.78. The van der Waals surface area contributed by atoms with Gasteiger partial charge in [0.1, 0.15) is 0 Å². The molecule has 0 radical (unpaired) electrons. The summed E-state index contributed by atoms with van der Waals surface area (Å²) < 4.78 is 1.01. The van der Waals surface area contributed by atoms with E-state index in [0.29, 0.717) is 12.1 Å². The maximum absolute atomic E-state index is 4.07. The maximum atomic E-state index is 4.07. The van der Waals surface area contributed by atoms with Crippen LogP contribution in [0.5, 0.6) is 0 Å². The van der Waals surface area contributed by atoms with Gasteiger partial charge in [-0.25, -0.2) is 5.01 Å². The summed E-state index contributed by atoms with van der Waals surface area (Å²) in [5.41, 5.74) is 4.59. The van der Waals surface area contributed by atoms with Crippen molar-refractivity contribution in [3.05, 3.63) is 22.9 Å². The first-order chi connectivity index (χ1) is 7.68. The lowest BCUT2D eigenvalue weighted by molar-refractivity contribution is 0.135. The van der Waals surface area contributed by atoms with Crippen LogP contribution in [-0.4, -0.2) is 22.1 Å². The molecule has 2 unspecified atom stereocenters. The number of rotatable bonds is 2. The van der Waals surface area contributed by atoms with Gasteiger partial charge >= 0.3 is 0 Å². The lowest BCUT2D eigenvalue weighted by atomic mass is 10.00. The molecule has 1 aromatic rings. The number of hydrogen-bond donors (Lipinski definition) is 1. The summed E-state index contributed by atoms with van der Waals surface area (Å²) in [6.07, 6.45) is 7.49. The minimum atomic E-state index is 0.587. The zero-order chi connectivity index (χ0) is 11.5. The zero-order valence-corrected chi connectivity index (χ0v) is 11.4. The first-order valence-electron chi connectivity index (χ1n) is 5.83. The number of hydrazine groups is 1. The van der Waals surface area contributed by atoms with Gasteiger partial charge in [0.15, 0.2) is 0 Å². The highest BCUT2D eigenvalue weighted by Gasteiger charge is 2.24. The number of nitrogens with zero attached hydrogens (tertiary/aromatic N) is 2. The summed E-state index contributed by atoms with van der Waals surface area (Å²) in [6, 6.07) is 3.17. The number of aromatic nitrogens is 1. The Balaban J connectivity index is 2.11. The second-order valence-electron chi connectivity index (χ2n) is 4.50. The average Bonchev–Trinajstić information content (AvgIpc) is 2.26. The second-order valence-corrected chi connectivity index (χ2v) is 5.36. The predicted octanol–water partition coefficient (Wildman–Crippen LogP) is 3.43. The van der Waals surface area contributed by atoms with Gasteiger partial charge in [0.05, 0.1) is 10.2 Å². The third-order valence-corrected chi connectivity index (χ3v) is 3.85. The summed E-state index contributed by atoms with van der Waals surface area (Å²) in [5.74, 6) is 0. The minimum absolute atomic E-state index is 0.587. The van der Waals surface area contributed by atoms with Gasteiger partial charge in [0, 0.05) is 24.5 Å². The van der Waals surface area contributed by atoms with Crippen molar-refractivity contribution in [2.24, 2.45) is 0 Å². The van der Waals surface area contributed by atoms with E-state index in [1.165, 1.54) is 19.3 Å². The standard InChI is InChI=1S/C12H18BrN3/c1-9-4-3-5-10(2)16(9)15-12-6-7-14-8-11(12)13/h6-10H,3-5H2,1-2H3,(H,14,15). The van der Waals surface area contributed by atoms with Crippen molar-refractivity contribution in [1.82, 2.24) is 9.99 Å². The molecule has 0 aliphatic carbocycles. The lowest BCUT2D eigenvalue weighted by Crippen LogP contribution is -2.47. The molecule has 0 spiro atoms. The Bertz CT molecular complexity index is 346. The van der Waals surface area contributed by atoms with E-state index < -0.39 is 0 Å². The van der Waals surface area contributed by atoms with Crippen molar-refractivity contribution in [2.75, 3.05) is 5.43 Å². The Morgan fingerprint density at radius 3 is 2.69 bits per heavy atom. The molecule has 1 fully saturated rings. The first-order valence-corrected chi connectivity index (χ1v) is 6.62. The first kappa shape index (κ1) is 11.9. The smallest absolute Gasteiger partial charge is 0.0663 e. The molecular weight excluding hydrogens is 266 g/mol. The topological polar surface area (TPSA) is 28.2 Å². The lowest BCUT2D eigenvalue weighted by Gasteiger charge is -2.39. The highest BCUT2D eigenvalue weighted by molar-refractivity contribution is 9.10. The van der Waals surface area contributed by atoms with E-state index in [4.69, 9.17) is 0 Å². The van der Waals surface area contributed by atoms with Crippen molar-refractivity contribution in [3.63, 3.8) is 0 Å². The Kier molecular flexibility index (Phi) is 3.82. The number of hydrogen-bond acceptors (Lipinski definition) is 3. The van der Waals surface area contributed by atoms with Gasteiger partial charge < -0.3 is 5.43 Å². The molecule has 2 heterocycles. The molecule has 1 saturated heterocycles. The largest absolute Gasteiger partial charge is 0.317 e. The van der Waals surface area contributed by atoms with E-state index in [2.05, 4.69) is 45.2 Å². The highest BCUT2D eigenvalue weighted by atomic mass is 79.9. The summed E-state index contributed by atoms with van der Waals surface area (Å²) in [4.78, 5) is 4.07. The molecule has 0 saturated carbocycles. The molecule has 88 valence electrons. The molecule has 2 rings (SSSR count).